The molecule has 0 rings (SSSR count). The SMILES string of the molecule is CCOP(=O)(CNC(=O)C(C)N)OCC. The molecule has 90 valence electrons. The number of hydrogen-bond acceptors (Lipinski definition) is 5. The van der Waals surface area contributed by atoms with E-state index in [1.54, 1.807) is 20.8 Å². The van der Waals surface area contributed by atoms with Crippen molar-refractivity contribution in [3.8, 4) is 0 Å². The van der Waals surface area contributed by atoms with Crippen LogP contribution in [-0.4, -0.2) is 31.4 Å². The second-order valence-corrected chi connectivity index (χ2v) is 4.99. The van der Waals surface area contributed by atoms with Crippen molar-refractivity contribution in [1.29, 1.82) is 0 Å². The summed E-state index contributed by atoms with van der Waals surface area (Å²) in [6.07, 6.45) is -0.144. The van der Waals surface area contributed by atoms with Gasteiger partial charge in [-0.2, -0.15) is 0 Å². The van der Waals surface area contributed by atoms with Crippen LogP contribution in [0.3, 0.4) is 0 Å². The molecule has 0 aromatic rings. The summed E-state index contributed by atoms with van der Waals surface area (Å²) in [5.74, 6) is -0.380. The van der Waals surface area contributed by atoms with Gasteiger partial charge in [0.15, 0.2) is 0 Å². The summed E-state index contributed by atoms with van der Waals surface area (Å²) in [5, 5.41) is 2.42. The van der Waals surface area contributed by atoms with Crippen molar-refractivity contribution < 1.29 is 18.4 Å². The van der Waals surface area contributed by atoms with E-state index in [1.807, 2.05) is 0 Å². The molecule has 0 bridgehead atoms. The van der Waals surface area contributed by atoms with Crippen LogP contribution in [0.4, 0.5) is 0 Å². The summed E-state index contributed by atoms with van der Waals surface area (Å²) >= 11 is 0. The standard InChI is InChI=1S/C8H19N2O4P/c1-4-13-15(12,14-5-2)6-10-8(11)7(3)9/h7H,4-6,9H2,1-3H3,(H,10,11). The molecule has 15 heavy (non-hydrogen) atoms. The minimum Gasteiger partial charge on any atom is -0.343 e. The predicted molar refractivity (Wildman–Crippen MR) is 57.5 cm³/mol. The molecule has 1 atom stereocenters. The summed E-state index contributed by atoms with van der Waals surface area (Å²) in [5.41, 5.74) is 5.33. The molecule has 0 saturated carbocycles. The van der Waals surface area contributed by atoms with Gasteiger partial charge in [0.1, 0.15) is 6.29 Å². The number of hydrogen-bond donors (Lipinski definition) is 2. The van der Waals surface area contributed by atoms with Gasteiger partial charge in [0.05, 0.1) is 19.3 Å². The van der Waals surface area contributed by atoms with Crippen LogP contribution < -0.4 is 11.1 Å². The first-order chi connectivity index (χ1) is 6.95. The quantitative estimate of drug-likeness (QED) is 0.636. The summed E-state index contributed by atoms with van der Waals surface area (Å²) in [6.45, 7) is 5.50. The lowest BCUT2D eigenvalue weighted by molar-refractivity contribution is -0.121. The van der Waals surface area contributed by atoms with Crippen LogP contribution in [0.5, 0.6) is 0 Å². The highest BCUT2D eigenvalue weighted by molar-refractivity contribution is 7.53. The molecule has 3 N–H and O–H groups in total. The zero-order valence-electron chi connectivity index (χ0n) is 9.36. The van der Waals surface area contributed by atoms with Crippen LogP contribution in [0.15, 0.2) is 0 Å². The van der Waals surface area contributed by atoms with E-state index in [4.69, 9.17) is 14.8 Å². The average Bonchev–Trinajstić information content (AvgIpc) is 2.15. The van der Waals surface area contributed by atoms with E-state index >= 15 is 0 Å². The van der Waals surface area contributed by atoms with Gasteiger partial charge in [0, 0.05) is 0 Å². The molecule has 6 nitrogen and oxygen atoms in total. The molecule has 0 aromatic carbocycles. The second kappa shape index (κ2) is 6.95. The lowest BCUT2D eigenvalue weighted by atomic mass is 10.3. The third kappa shape index (κ3) is 5.89. The highest BCUT2D eigenvalue weighted by atomic mass is 31.2. The predicted octanol–water partition coefficient (Wildman–Crippen LogP) is 0.673. The minimum atomic E-state index is -3.20. The van der Waals surface area contributed by atoms with Crippen LogP contribution in [0, 0.1) is 0 Å². The number of carbonyl (C=O) groups excluding carboxylic acids is 1. The number of nitrogens with one attached hydrogen (secondary N) is 1. The van der Waals surface area contributed by atoms with E-state index in [-0.39, 0.29) is 25.4 Å². The van der Waals surface area contributed by atoms with Gasteiger partial charge in [-0.1, -0.05) is 0 Å². The Hall–Kier alpha value is -0.420. The van der Waals surface area contributed by atoms with Gasteiger partial charge < -0.3 is 20.1 Å². The lowest BCUT2D eigenvalue weighted by Gasteiger charge is -2.17. The second-order valence-electron chi connectivity index (χ2n) is 2.93. The molecule has 1 amide bonds. The molecule has 0 heterocycles. The van der Waals surface area contributed by atoms with Crippen molar-refractivity contribution >= 4 is 13.5 Å². The zero-order valence-corrected chi connectivity index (χ0v) is 10.3. The first-order valence-corrected chi connectivity index (χ1v) is 6.59. The maximum Gasteiger partial charge on any atom is 0.349 e. The van der Waals surface area contributed by atoms with Crippen LogP contribution in [0.1, 0.15) is 20.8 Å². The van der Waals surface area contributed by atoms with E-state index < -0.39 is 13.6 Å². The molecule has 0 saturated heterocycles. The highest BCUT2D eigenvalue weighted by Gasteiger charge is 2.24. The number of nitrogens with two attached hydrogens (primary N) is 1. The molecule has 0 aromatic heterocycles. The Morgan fingerprint density at radius 1 is 1.40 bits per heavy atom. The fourth-order valence-electron chi connectivity index (χ4n) is 0.858. The zero-order chi connectivity index (χ0) is 11.9. The molecule has 0 aliphatic carbocycles. The molecular weight excluding hydrogens is 219 g/mol. The first-order valence-electron chi connectivity index (χ1n) is 4.86. The molecule has 0 aliphatic rings. The molecule has 1 unspecified atom stereocenters. The first kappa shape index (κ1) is 14.6. The van der Waals surface area contributed by atoms with E-state index in [9.17, 15) is 9.36 Å². The van der Waals surface area contributed by atoms with Crippen molar-refractivity contribution in [3.63, 3.8) is 0 Å². The van der Waals surface area contributed by atoms with Crippen molar-refractivity contribution in [1.82, 2.24) is 5.32 Å². The van der Waals surface area contributed by atoms with Crippen molar-refractivity contribution in [3.05, 3.63) is 0 Å². The maximum absolute atomic E-state index is 11.8. The molecular formula is C8H19N2O4P. The Labute approximate surface area is 90.0 Å². The number of rotatable bonds is 7. The smallest absolute Gasteiger partial charge is 0.343 e. The van der Waals surface area contributed by atoms with Gasteiger partial charge in [-0.15, -0.1) is 0 Å². The van der Waals surface area contributed by atoms with E-state index in [0.29, 0.717) is 0 Å². The Bertz CT molecular complexity index is 235. The Morgan fingerprint density at radius 3 is 2.20 bits per heavy atom. The monoisotopic (exact) mass is 238 g/mol. The summed E-state index contributed by atoms with van der Waals surface area (Å²) in [6, 6.07) is -0.637. The summed E-state index contributed by atoms with van der Waals surface area (Å²) in [4.78, 5) is 11.1. The third-order valence-corrected chi connectivity index (χ3v) is 3.36. The van der Waals surface area contributed by atoms with Crippen LogP contribution >= 0.6 is 7.60 Å². The molecule has 0 radical (unpaired) electrons. The van der Waals surface area contributed by atoms with Crippen molar-refractivity contribution in [2.45, 2.75) is 26.8 Å². The highest BCUT2D eigenvalue weighted by Crippen LogP contribution is 2.46. The van der Waals surface area contributed by atoms with E-state index in [2.05, 4.69) is 5.32 Å². The van der Waals surface area contributed by atoms with Gasteiger partial charge in [-0.05, 0) is 20.8 Å². The molecule has 7 heteroatoms. The summed E-state index contributed by atoms with van der Waals surface area (Å²) < 4.78 is 21.8. The van der Waals surface area contributed by atoms with Gasteiger partial charge in [0.2, 0.25) is 5.91 Å². The van der Waals surface area contributed by atoms with Gasteiger partial charge in [-0.3, -0.25) is 9.36 Å². The van der Waals surface area contributed by atoms with Gasteiger partial charge in [0.25, 0.3) is 0 Å². The van der Waals surface area contributed by atoms with Gasteiger partial charge in [-0.25, -0.2) is 0 Å². The number of amides is 1. The molecule has 0 spiro atoms. The maximum atomic E-state index is 11.8. The lowest BCUT2D eigenvalue weighted by Crippen LogP contribution is -2.38. The fourth-order valence-corrected chi connectivity index (χ4v) is 2.25. The van der Waals surface area contributed by atoms with Gasteiger partial charge >= 0.3 is 7.60 Å². The van der Waals surface area contributed by atoms with Crippen molar-refractivity contribution in [2.75, 3.05) is 19.5 Å². The minimum absolute atomic E-state index is 0.144. The van der Waals surface area contributed by atoms with E-state index in [0.717, 1.165) is 0 Å². The Morgan fingerprint density at radius 2 is 1.87 bits per heavy atom. The van der Waals surface area contributed by atoms with Crippen molar-refractivity contribution in [2.24, 2.45) is 5.73 Å². The summed E-state index contributed by atoms with van der Waals surface area (Å²) in [7, 11) is -3.20. The Balaban J connectivity index is 4.18. The topological polar surface area (TPSA) is 90.7 Å². The normalized spacial score (nSPS) is 13.6. The largest absolute Gasteiger partial charge is 0.349 e. The molecule has 0 aliphatic heterocycles. The van der Waals surface area contributed by atoms with Crippen LogP contribution in [0.2, 0.25) is 0 Å². The molecule has 0 fully saturated rings. The fraction of sp³-hybridized carbons (Fsp3) is 0.875. The van der Waals surface area contributed by atoms with Crippen LogP contribution in [0.25, 0.3) is 0 Å². The van der Waals surface area contributed by atoms with Crippen LogP contribution in [-0.2, 0) is 18.4 Å². The Kier molecular flexibility index (Phi) is 6.76. The number of carbonyl (C=O) groups is 1. The third-order valence-electron chi connectivity index (χ3n) is 1.51. The van der Waals surface area contributed by atoms with E-state index in [1.165, 1.54) is 0 Å². The average molecular weight is 238 g/mol.